The number of aliphatic imine (C=N–C) groups is 1. The molecule has 6 heteroatoms. The maximum Gasteiger partial charge on any atom is 0.193 e. The number of nitrogens with two attached hydrogens (primary N) is 1. The van der Waals surface area contributed by atoms with Crippen molar-refractivity contribution in [1.82, 2.24) is 9.88 Å². The SMILES string of the molecule is Cc1nc(CN2CCC(CN=C(N)Nc3cccc(C(C)C)c3)CC2)cs1. The van der Waals surface area contributed by atoms with Crippen molar-refractivity contribution in [2.24, 2.45) is 16.6 Å². The highest BCUT2D eigenvalue weighted by Crippen LogP contribution is 2.21. The molecule has 146 valence electrons. The lowest BCUT2D eigenvalue weighted by Crippen LogP contribution is -2.34. The zero-order chi connectivity index (χ0) is 19.2. The number of likely N-dealkylation sites (tertiary alicyclic amines) is 1. The van der Waals surface area contributed by atoms with E-state index in [4.69, 9.17) is 5.73 Å². The zero-order valence-corrected chi connectivity index (χ0v) is 17.4. The summed E-state index contributed by atoms with van der Waals surface area (Å²) in [7, 11) is 0. The fourth-order valence-electron chi connectivity index (χ4n) is 3.43. The second kappa shape index (κ2) is 9.33. The summed E-state index contributed by atoms with van der Waals surface area (Å²) >= 11 is 1.73. The van der Waals surface area contributed by atoms with Crippen molar-refractivity contribution in [3.8, 4) is 0 Å². The van der Waals surface area contributed by atoms with Gasteiger partial charge in [-0.1, -0.05) is 26.0 Å². The molecule has 1 saturated heterocycles. The number of thiazole rings is 1. The van der Waals surface area contributed by atoms with Crippen molar-refractivity contribution < 1.29 is 0 Å². The van der Waals surface area contributed by atoms with Crippen molar-refractivity contribution in [2.45, 2.75) is 46.1 Å². The maximum absolute atomic E-state index is 6.10. The van der Waals surface area contributed by atoms with E-state index in [2.05, 4.69) is 64.5 Å². The van der Waals surface area contributed by atoms with Gasteiger partial charge < -0.3 is 11.1 Å². The highest BCUT2D eigenvalue weighted by molar-refractivity contribution is 7.09. The lowest BCUT2D eigenvalue weighted by Gasteiger charge is -2.30. The van der Waals surface area contributed by atoms with E-state index in [1.165, 1.54) is 24.1 Å². The molecule has 2 heterocycles. The van der Waals surface area contributed by atoms with Crippen LogP contribution in [0.5, 0.6) is 0 Å². The lowest BCUT2D eigenvalue weighted by atomic mass is 9.97. The Balaban J connectivity index is 1.44. The van der Waals surface area contributed by atoms with Gasteiger partial charge in [0.25, 0.3) is 0 Å². The van der Waals surface area contributed by atoms with E-state index in [9.17, 15) is 0 Å². The number of aromatic nitrogens is 1. The number of nitrogens with one attached hydrogen (secondary N) is 1. The first-order valence-corrected chi connectivity index (χ1v) is 10.7. The minimum atomic E-state index is 0.503. The summed E-state index contributed by atoms with van der Waals surface area (Å²) < 4.78 is 0. The Labute approximate surface area is 166 Å². The number of aryl methyl sites for hydroxylation is 1. The van der Waals surface area contributed by atoms with Crippen LogP contribution in [0.1, 0.15) is 48.9 Å². The number of guanidine groups is 1. The molecule has 0 atom stereocenters. The largest absolute Gasteiger partial charge is 0.370 e. The maximum atomic E-state index is 6.10. The van der Waals surface area contributed by atoms with Crippen LogP contribution in [0, 0.1) is 12.8 Å². The molecule has 0 amide bonds. The lowest BCUT2D eigenvalue weighted by molar-refractivity contribution is 0.179. The second-order valence-electron chi connectivity index (χ2n) is 7.71. The minimum absolute atomic E-state index is 0.503. The van der Waals surface area contributed by atoms with Crippen molar-refractivity contribution in [3.05, 3.63) is 45.9 Å². The fourth-order valence-corrected chi connectivity index (χ4v) is 4.03. The molecule has 1 aliphatic rings. The topological polar surface area (TPSA) is 66.5 Å². The summed E-state index contributed by atoms with van der Waals surface area (Å²) in [6.07, 6.45) is 2.34. The molecule has 1 aliphatic heterocycles. The van der Waals surface area contributed by atoms with Crippen LogP contribution in [-0.4, -0.2) is 35.5 Å². The third-order valence-corrected chi connectivity index (χ3v) is 5.93. The zero-order valence-electron chi connectivity index (χ0n) is 16.6. The van der Waals surface area contributed by atoms with Gasteiger partial charge in [-0.2, -0.15) is 0 Å². The van der Waals surface area contributed by atoms with Crippen molar-refractivity contribution in [1.29, 1.82) is 0 Å². The minimum Gasteiger partial charge on any atom is -0.370 e. The molecule has 1 aromatic heterocycles. The van der Waals surface area contributed by atoms with E-state index in [1.807, 2.05) is 6.07 Å². The van der Waals surface area contributed by atoms with Gasteiger partial charge in [0.15, 0.2) is 5.96 Å². The highest BCUT2D eigenvalue weighted by Gasteiger charge is 2.19. The summed E-state index contributed by atoms with van der Waals surface area (Å²) in [4.78, 5) is 11.6. The van der Waals surface area contributed by atoms with Crippen LogP contribution >= 0.6 is 11.3 Å². The number of hydrogen-bond acceptors (Lipinski definition) is 4. The average Bonchev–Trinajstić information content (AvgIpc) is 3.06. The Kier molecular flexibility index (Phi) is 6.85. The highest BCUT2D eigenvalue weighted by atomic mass is 32.1. The van der Waals surface area contributed by atoms with Crippen LogP contribution < -0.4 is 11.1 Å². The predicted molar refractivity (Wildman–Crippen MR) is 115 cm³/mol. The molecular formula is C21H31N5S. The smallest absolute Gasteiger partial charge is 0.193 e. The van der Waals surface area contributed by atoms with Gasteiger partial charge in [-0.25, -0.2) is 4.98 Å². The van der Waals surface area contributed by atoms with E-state index < -0.39 is 0 Å². The number of anilines is 1. The van der Waals surface area contributed by atoms with E-state index >= 15 is 0 Å². The molecular weight excluding hydrogens is 354 g/mol. The molecule has 1 fully saturated rings. The number of hydrogen-bond donors (Lipinski definition) is 2. The first kappa shape index (κ1) is 19.8. The van der Waals surface area contributed by atoms with Crippen LogP contribution in [-0.2, 0) is 6.54 Å². The van der Waals surface area contributed by atoms with Gasteiger partial charge in [0, 0.05) is 24.2 Å². The van der Waals surface area contributed by atoms with Gasteiger partial charge in [-0.05, 0) is 62.4 Å². The number of rotatable bonds is 6. The molecule has 5 nitrogen and oxygen atoms in total. The first-order valence-electron chi connectivity index (χ1n) is 9.80. The Morgan fingerprint density at radius 2 is 2.15 bits per heavy atom. The summed E-state index contributed by atoms with van der Waals surface area (Å²) in [5.41, 5.74) is 9.61. The van der Waals surface area contributed by atoms with Crippen molar-refractivity contribution >= 4 is 23.0 Å². The Morgan fingerprint density at radius 1 is 1.37 bits per heavy atom. The Morgan fingerprint density at radius 3 is 2.81 bits per heavy atom. The second-order valence-corrected chi connectivity index (χ2v) is 8.77. The first-order chi connectivity index (χ1) is 13.0. The molecule has 0 saturated carbocycles. The van der Waals surface area contributed by atoms with Crippen molar-refractivity contribution in [2.75, 3.05) is 25.0 Å². The van der Waals surface area contributed by atoms with Gasteiger partial charge in [-0.3, -0.25) is 9.89 Å². The number of nitrogens with zero attached hydrogens (tertiary/aromatic N) is 3. The molecule has 0 spiro atoms. The van der Waals surface area contributed by atoms with Gasteiger partial charge in [-0.15, -0.1) is 11.3 Å². The molecule has 3 N–H and O–H groups in total. The normalized spacial score (nSPS) is 16.8. The number of benzene rings is 1. The molecule has 2 aromatic rings. The van der Waals surface area contributed by atoms with Crippen LogP contribution in [0.2, 0.25) is 0 Å². The molecule has 0 radical (unpaired) electrons. The molecule has 0 aliphatic carbocycles. The van der Waals surface area contributed by atoms with Crippen molar-refractivity contribution in [3.63, 3.8) is 0 Å². The fraction of sp³-hybridized carbons (Fsp3) is 0.524. The van der Waals surface area contributed by atoms with E-state index in [1.54, 1.807) is 11.3 Å². The average molecular weight is 386 g/mol. The van der Waals surface area contributed by atoms with Crippen LogP contribution in [0.25, 0.3) is 0 Å². The van der Waals surface area contributed by atoms with Gasteiger partial charge in [0.1, 0.15) is 0 Å². The van der Waals surface area contributed by atoms with E-state index in [0.717, 1.165) is 36.9 Å². The van der Waals surface area contributed by atoms with E-state index in [-0.39, 0.29) is 0 Å². The summed E-state index contributed by atoms with van der Waals surface area (Å²) in [6, 6.07) is 8.38. The molecule has 3 rings (SSSR count). The van der Waals surface area contributed by atoms with E-state index in [0.29, 0.717) is 17.8 Å². The van der Waals surface area contributed by atoms with Crippen LogP contribution in [0.4, 0.5) is 5.69 Å². The van der Waals surface area contributed by atoms with Gasteiger partial charge in [0.2, 0.25) is 0 Å². The monoisotopic (exact) mass is 385 g/mol. The standard InChI is InChI=1S/C21H31N5S/c1-15(2)18-5-4-6-19(11-18)25-21(22)23-12-17-7-9-26(10-8-17)13-20-14-27-16(3)24-20/h4-6,11,14-15,17H,7-10,12-13H2,1-3H3,(H3,22,23,25). The molecule has 0 bridgehead atoms. The quantitative estimate of drug-likeness (QED) is 0.577. The summed E-state index contributed by atoms with van der Waals surface area (Å²) in [6.45, 7) is 10.4. The summed E-state index contributed by atoms with van der Waals surface area (Å²) in [5.74, 6) is 1.63. The third kappa shape index (κ3) is 6.04. The molecule has 0 unspecified atom stereocenters. The number of piperidine rings is 1. The Hall–Kier alpha value is -1.92. The van der Waals surface area contributed by atoms with Crippen LogP contribution in [0.3, 0.4) is 0 Å². The molecule has 27 heavy (non-hydrogen) atoms. The molecule has 1 aromatic carbocycles. The summed E-state index contributed by atoms with van der Waals surface area (Å²) in [5, 5.41) is 6.55. The third-order valence-electron chi connectivity index (χ3n) is 5.10. The predicted octanol–water partition coefficient (Wildman–Crippen LogP) is 4.21. The van der Waals surface area contributed by atoms with Gasteiger partial charge in [0.05, 0.1) is 10.7 Å². The Bertz CT molecular complexity index is 759. The van der Waals surface area contributed by atoms with Crippen LogP contribution in [0.15, 0.2) is 34.6 Å². The van der Waals surface area contributed by atoms with Gasteiger partial charge >= 0.3 is 0 Å².